The van der Waals surface area contributed by atoms with E-state index in [2.05, 4.69) is 9.82 Å². The molecule has 0 unspecified atom stereocenters. The number of hydrogen-bond donors (Lipinski definition) is 0. The van der Waals surface area contributed by atoms with Crippen molar-refractivity contribution in [3.8, 4) is 0 Å². The molecular weight excluding hydrogens is 148 g/mol. The highest BCUT2D eigenvalue weighted by molar-refractivity contribution is 5.07. The zero-order chi connectivity index (χ0) is 8.10. The van der Waals surface area contributed by atoms with E-state index in [0.717, 1.165) is 5.56 Å². The van der Waals surface area contributed by atoms with Gasteiger partial charge in [-0.05, 0) is 17.7 Å². The average molecular weight is 154 g/mol. The summed E-state index contributed by atoms with van der Waals surface area (Å²) in [4.78, 5) is 17.6. The van der Waals surface area contributed by atoms with Gasteiger partial charge >= 0.3 is 0 Å². The standard InChI is InChI=1S/C6H6N2O3/c9-8(10)11-5-6-1-3-7-4-2-6/h1-4H,5H2. The summed E-state index contributed by atoms with van der Waals surface area (Å²) in [5.41, 5.74) is 0.733. The molecule has 1 heterocycles. The SMILES string of the molecule is O=[N+]([O-])OCc1ccncc1. The maximum Gasteiger partial charge on any atom is 0.294 e. The minimum absolute atomic E-state index is 0.0183. The smallest absolute Gasteiger partial charge is 0.294 e. The van der Waals surface area contributed by atoms with Crippen molar-refractivity contribution in [3.05, 3.63) is 40.2 Å². The van der Waals surface area contributed by atoms with Gasteiger partial charge in [0.25, 0.3) is 5.09 Å². The summed E-state index contributed by atoms with van der Waals surface area (Å²) in [5, 5.41) is 8.92. The Balaban J connectivity index is 2.45. The van der Waals surface area contributed by atoms with Crippen molar-refractivity contribution in [2.75, 3.05) is 0 Å². The summed E-state index contributed by atoms with van der Waals surface area (Å²) in [6.07, 6.45) is 3.11. The Kier molecular flexibility index (Phi) is 2.37. The normalized spacial score (nSPS) is 9.09. The first-order chi connectivity index (χ1) is 5.29. The first kappa shape index (κ1) is 7.46. The van der Waals surface area contributed by atoms with Crippen LogP contribution < -0.4 is 0 Å². The van der Waals surface area contributed by atoms with E-state index < -0.39 is 5.09 Å². The molecule has 11 heavy (non-hydrogen) atoms. The van der Waals surface area contributed by atoms with Crippen molar-refractivity contribution in [1.29, 1.82) is 0 Å². The van der Waals surface area contributed by atoms with Crippen LogP contribution in [0.5, 0.6) is 0 Å². The van der Waals surface area contributed by atoms with Crippen LogP contribution in [0.2, 0.25) is 0 Å². The number of aromatic nitrogens is 1. The topological polar surface area (TPSA) is 65.3 Å². The van der Waals surface area contributed by atoms with Gasteiger partial charge in [0.1, 0.15) is 6.61 Å². The van der Waals surface area contributed by atoms with Crippen LogP contribution in [-0.4, -0.2) is 10.1 Å². The Morgan fingerprint density at radius 1 is 1.55 bits per heavy atom. The van der Waals surface area contributed by atoms with Crippen LogP contribution in [0.25, 0.3) is 0 Å². The molecule has 0 fully saturated rings. The van der Waals surface area contributed by atoms with Gasteiger partial charge in [0.05, 0.1) is 0 Å². The lowest BCUT2D eigenvalue weighted by Gasteiger charge is -1.96. The van der Waals surface area contributed by atoms with Crippen LogP contribution in [-0.2, 0) is 11.4 Å². The van der Waals surface area contributed by atoms with Crippen LogP contribution in [0.4, 0.5) is 0 Å². The van der Waals surface area contributed by atoms with Crippen LogP contribution >= 0.6 is 0 Å². The maximum atomic E-state index is 9.74. The van der Waals surface area contributed by atoms with Crippen molar-refractivity contribution >= 4 is 0 Å². The van der Waals surface area contributed by atoms with E-state index in [-0.39, 0.29) is 6.61 Å². The molecule has 58 valence electrons. The Bertz CT molecular complexity index is 237. The van der Waals surface area contributed by atoms with E-state index in [9.17, 15) is 10.1 Å². The van der Waals surface area contributed by atoms with Gasteiger partial charge in [0.2, 0.25) is 0 Å². The van der Waals surface area contributed by atoms with Crippen molar-refractivity contribution in [1.82, 2.24) is 4.98 Å². The maximum absolute atomic E-state index is 9.74. The van der Waals surface area contributed by atoms with Gasteiger partial charge in [0, 0.05) is 12.4 Å². The summed E-state index contributed by atoms with van der Waals surface area (Å²) in [5.74, 6) is 0. The zero-order valence-corrected chi connectivity index (χ0v) is 5.64. The van der Waals surface area contributed by atoms with E-state index in [1.807, 2.05) is 0 Å². The lowest BCUT2D eigenvalue weighted by atomic mass is 10.3. The Labute approximate surface area is 62.7 Å². The molecule has 5 nitrogen and oxygen atoms in total. The third kappa shape index (κ3) is 2.61. The molecule has 0 aliphatic rings. The summed E-state index contributed by atoms with van der Waals surface area (Å²) in [7, 11) is 0. The molecule has 5 heteroatoms. The van der Waals surface area contributed by atoms with Crippen molar-refractivity contribution in [3.63, 3.8) is 0 Å². The molecule has 0 amide bonds. The van der Waals surface area contributed by atoms with E-state index in [4.69, 9.17) is 0 Å². The lowest BCUT2D eigenvalue weighted by Crippen LogP contribution is -2.00. The van der Waals surface area contributed by atoms with Gasteiger partial charge in [-0.2, -0.15) is 0 Å². The monoisotopic (exact) mass is 154 g/mol. The van der Waals surface area contributed by atoms with Crippen LogP contribution in [0, 0.1) is 10.1 Å². The van der Waals surface area contributed by atoms with Gasteiger partial charge in [-0.15, -0.1) is 10.1 Å². The van der Waals surface area contributed by atoms with Crippen molar-refractivity contribution in [2.45, 2.75) is 6.61 Å². The summed E-state index contributed by atoms with van der Waals surface area (Å²) in [6, 6.07) is 3.31. The quantitative estimate of drug-likeness (QED) is 0.476. The molecule has 0 aliphatic heterocycles. The Morgan fingerprint density at radius 2 is 2.18 bits per heavy atom. The zero-order valence-electron chi connectivity index (χ0n) is 5.64. The van der Waals surface area contributed by atoms with Crippen LogP contribution in [0.3, 0.4) is 0 Å². The summed E-state index contributed by atoms with van der Waals surface area (Å²) >= 11 is 0. The Morgan fingerprint density at radius 3 is 2.73 bits per heavy atom. The molecule has 0 aromatic carbocycles. The second-order valence-corrected chi connectivity index (χ2v) is 1.85. The van der Waals surface area contributed by atoms with Crippen molar-refractivity contribution < 1.29 is 9.92 Å². The molecule has 0 spiro atoms. The molecule has 0 saturated heterocycles. The van der Waals surface area contributed by atoms with Gasteiger partial charge < -0.3 is 4.84 Å². The number of nitrogens with zero attached hydrogens (tertiary/aromatic N) is 2. The largest absolute Gasteiger partial charge is 0.309 e. The molecular formula is C6H6N2O3. The van der Waals surface area contributed by atoms with Gasteiger partial charge in [-0.1, -0.05) is 0 Å². The highest BCUT2D eigenvalue weighted by atomic mass is 16.9. The van der Waals surface area contributed by atoms with E-state index in [1.54, 1.807) is 24.5 Å². The van der Waals surface area contributed by atoms with E-state index >= 15 is 0 Å². The Hall–Kier alpha value is -1.65. The number of pyridine rings is 1. The molecule has 1 rings (SSSR count). The second-order valence-electron chi connectivity index (χ2n) is 1.85. The van der Waals surface area contributed by atoms with Crippen LogP contribution in [0.15, 0.2) is 24.5 Å². The first-order valence-electron chi connectivity index (χ1n) is 2.95. The lowest BCUT2D eigenvalue weighted by molar-refractivity contribution is -0.763. The molecule has 0 atom stereocenters. The number of hydrogen-bond acceptors (Lipinski definition) is 4. The van der Waals surface area contributed by atoms with E-state index in [1.165, 1.54) is 0 Å². The van der Waals surface area contributed by atoms with Crippen molar-refractivity contribution in [2.24, 2.45) is 0 Å². The molecule has 0 bridgehead atoms. The molecule has 0 aliphatic carbocycles. The number of rotatable bonds is 3. The molecule has 0 saturated carbocycles. The third-order valence-electron chi connectivity index (χ3n) is 1.09. The fourth-order valence-corrected chi connectivity index (χ4v) is 0.606. The average Bonchev–Trinajstić information content (AvgIpc) is 2.03. The minimum atomic E-state index is -0.819. The molecule has 0 radical (unpaired) electrons. The van der Waals surface area contributed by atoms with Gasteiger partial charge in [0.15, 0.2) is 0 Å². The second kappa shape index (κ2) is 3.50. The molecule has 0 N–H and O–H groups in total. The van der Waals surface area contributed by atoms with Gasteiger partial charge in [-0.3, -0.25) is 4.98 Å². The summed E-state index contributed by atoms with van der Waals surface area (Å²) < 4.78 is 0. The highest BCUT2D eigenvalue weighted by Crippen LogP contribution is 1.97. The fourth-order valence-electron chi connectivity index (χ4n) is 0.606. The van der Waals surface area contributed by atoms with Crippen LogP contribution in [0.1, 0.15) is 5.56 Å². The fraction of sp³-hybridized carbons (Fsp3) is 0.167. The summed E-state index contributed by atoms with van der Waals surface area (Å²) in [6.45, 7) is -0.0183. The van der Waals surface area contributed by atoms with Gasteiger partial charge in [-0.25, -0.2) is 0 Å². The third-order valence-corrected chi connectivity index (χ3v) is 1.09. The minimum Gasteiger partial charge on any atom is -0.309 e. The highest BCUT2D eigenvalue weighted by Gasteiger charge is 1.95. The molecule has 1 aromatic rings. The first-order valence-corrected chi connectivity index (χ1v) is 2.95. The van der Waals surface area contributed by atoms with E-state index in [0.29, 0.717) is 0 Å². The predicted octanol–water partition coefficient (Wildman–Crippen LogP) is 0.790. The predicted molar refractivity (Wildman–Crippen MR) is 36.0 cm³/mol. The molecule has 1 aromatic heterocycles.